The molecule has 1 aromatic carbocycles. The summed E-state index contributed by atoms with van der Waals surface area (Å²) in [5, 5.41) is 0. The van der Waals surface area contributed by atoms with Crippen molar-refractivity contribution in [3.63, 3.8) is 0 Å². The fraction of sp³-hybridized carbons (Fsp3) is 0.462. The first-order valence-corrected chi connectivity index (χ1v) is 6.55. The van der Waals surface area contributed by atoms with Crippen LogP contribution in [-0.2, 0) is 0 Å². The van der Waals surface area contributed by atoms with Crippen LogP contribution < -0.4 is 4.74 Å². The van der Waals surface area contributed by atoms with Gasteiger partial charge in [-0.25, -0.2) is 0 Å². The maximum absolute atomic E-state index is 12.2. The SMILES string of the molecule is CCCC(C)C(=O)c1cc(I)ccc1OC. The lowest BCUT2D eigenvalue weighted by Crippen LogP contribution is -2.12. The molecule has 0 N–H and O–H groups in total. The molecule has 0 spiro atoms. The van der Waals surface area contributed by atoms with E-state index in [4.69, 9.17) is 4.74 Å². The van der Waals surface area contributed by atoms with Crippen molar-refractivity contribution in [2.75, 3.05) is 7.11 Å². The van der Waals surface area contributed by atoms with Gasteiger partial charge in [-0.15, -0.1) is 0 Å². The summed E-state index contributed by atoms with van der Waals surface area (Å²) >= 11 is 2.21. The summed E-state index contributed by atoms with van der Waals surface area (Å²) in [7, 11) is 1.60. The Labute approximate surface area is 111 Å². The average molecular weight is 332 g/mol. The van der Waals surface area contributed by atoms with Crippen LogP contribution in [0.2, 0.25) is 0 Å². The molecular weight excluding hydrogens is 315 g/mol. The summed E-state index contributed by atoms with van der Waals surface area (Å²) in [6, 6.07) is 5.70. The smallest absolute Gasteiger partial charge is 0.169 e. The van der Waals surface area contributed by atoms with Crippen molar-refractivity contribution in [3.05, 3.63) is 27.3 Å². The molecule has 16 heavy (non-hydrogen) atoms. The maximum atomic E-state index is 12.2. The van der Waals surface area contributed by atoms with E-state index in [0.29, 0.717) is 11.3 Å². The molecule has 1 rings (SSSR count). The second kappa shape index (κ2) is 6.23. The third-order valence-electron chi connectivity index (χ3n) is 2.60. The molecule has 1 atom stereocenters. The lowest BCUT2D eigenvalue weighted by atomic mass is 9.95. The molecule has 88 valence electrons. The Morgan fingerprint density at radius 3 is 2.75 bits per heavy atom. The molecule has 0 amide bonds. The van der Waals surface area contributed by atoms with Gasteiger partial charge in [0.05, 0.1) is 12.7 Å². The van der Waals surface area contributed by atoms with E-state index in [0.717, 1.165) is 16.4 Å². The Kier molecular flexibility index (Phi) is 5.25. The highest BCUT2D eigenvalue weighted by Crippen LogP contribution is 2.25. The van der Waals surface area contributed by atoms with Crippen LogP contribution in [0.3, 0.4) is 0 Å². The number of hydrogen-bond acceptors (Lipinski definition) is 2. The van der Waals surface area contributed by atoms with Crippen molar-refractivity contribution in [3.8, 4) is 5.75 Å². The maximum Gasteiger partial charge on any atom is 0.169 e. The zero-order valence-electron chi connectivity index (χ0n) is 9.92. The van der Waals surface area contributed by atoms with E-state index >= 15 is 0 Å². The van der Waals surface area contributed by atoms with E-state index in [2.05, 4.69) is 29.5 Å². The van der Waals surface area contributed by atoms with Crippen LogP contribution in [0, 0.1) is 9.49 Å². The lowest BCUT2D eigenvalue weighted by molar-refractivity contribution is 0.0920. The number of benzene rings is 1. The first-order valence-electron chi connectivity index (χ1n) is 5.47. The molecule has 0 aromatic heterocycles. The van der Waals surface area contributed by atoms with Gasteiger partial charge < -0.3 is 4.74 Å². The molecule has 1 unspecified atom stereocenters. The van der Waals surface area contributed by atoms with E-state index in [9.17, 15) is 4.79 Å². The second-order valence-electron chi connectivity index (χ2n) is 3.90. The van der Waals surface area contributed by atoms with Gasteiger partial charge in [-0.1, -0.05) is 20.3 Å². The third-order valence-corrected chi connectivity index (χ3v) is 3.27. The molecule has 0 saturated heterocycles. The van der Waals surface area contributed by atoms with Crippen molar-refractivity contribution < 1.29 is 9.53 Å². The zero-order valence-corrected chi connectivity index (χ0v) is 12.1. The number of carbonyl (C=O) groups excluding carboxylic acids is 1. The molecule has 0 saturated carbocycles. The van der Waals surface area contributed by atoms with Gasteiger partial charge in [-0.3, -0.25) is 4.79 Å². The van der Waals surface area contributed by atoms with Crippen LogP contribution in [-0.4, -0.2) is 12.9 Å². The molecule has 1 aromatic rings. The molecule has 0 fully saturated rings. The van der Waals surface area contributed by atoms with Crippen LogP contribution in [0.15, 0.2) is 18.2 Å². The third kappa shape index (κ3) is 3.20. The van der Waals surface area contributed by atoms with Gasteiger partial charge in [-0.2, -0.15) is 0 Å². The number of methoxy groups -OCH3 is 1. The number of ether oxygens (including phenoxy) is 1. The monoisotopic (exact) mass is 332 g/mol. The van der Waals surface area contributed by atoms with Gasteiger partial charge in [0.15, 0.2) is 5.78 Å². The fourth-order valence-electron chi connectivity index (χ4n) is 1.70. The highest BCUT2D eigenvalue weighted by atomic mass is 127. The highest BCUT2D eigenvalue weighted by molar-refractivity contribution is 14.1. The summed E-state index contributed by atoms with van der Waals surface area (Å²) in [5.74, 6) is 0.919. The largest absolute Gasteiger partial charge is 0.496 e. The first kappa shape index (κ1) is 13.5. The van der Waals surface area contributed by atoms with E-state index in [1.807, 2.05) is 25.1 Å². The molecule has 3 heteroatoms. The van der Waals surface area contributed by atoms with Crippen LogP contribution in [0.4, 0.5) is 0 Å². The summed E-state index contributed by atoms with van der Waals surface area (Å²) < 4.78 is 6.29. The minimum Gasteiger partial charge on any atom is -0.496 e. The Hall–Kier alpha value is -0.580. The van der Waals surface area contributed by atoms with Crippen molar-refractivity contribution in [1.29, 1.82) is 0 Å². The normalized spacial score (nSPS) is 12.2. The van der Waals surface area contributed by atoms with Gasteiger partial charge in [-0.05, 0) is 47.2 Å². The van der Waals surface area contributed by atoms with Gasteiger partial charge in [0, 0.05) is 9.49 Å². The van der Waals surface area contributed by atoms with Crippen molar-refractivity contribution in [1.82, 2.24) is 0 Å². The number of rotatable bonds is 5. The Balaban J connectivity index is 3.01. The highest BCUT2D eigenvalue weighted by Gasteiger charge is 2.18. The van der Waals surface area contributed by atoms with Gasteiger partial charge in [0.1, 0.15) is 5.75 Å². The summed E-state index contributed by atoms with van der Waals surface area (Å²) in [5.41, 5.74) is 0.704. The van der Waals surface area contributed by atoms with E-state index in [1.165, 1.54) is 0 Å². The number of halogens is 1. The number of hydrogen-bond donors (Lipinski definition) is 0. The van der Waals surface area contributed by atoms with Crippen molar-refractivity contribution in [2.45, 2.75) is 26.7 Å². The van der Waals surface area contributed by atoms with Gasteiger partial charge in [0.2, 0.25) is 0 Å². The molecule has 0 heterocycles. The standard InChI is InChI=1S/C13H17IO2/c1-4-5-9(2)13(15)11-8-10(14)6-7-12(11)16-3/h6-9H,4-5H2,1-3H3. The molecule has 0 aliphatic carbocycles. The number of carbonyl (C=O) groups is 1. The van der Waals surface area contributed by atoms with Crippen LogP contribution in [0.5, 0.6) is 5.75 Å². The predicted octanol–water partition coefficient (Wildman–Crippen LogP) is 3.92. The molecule has 0 bridgehead atoms. The fourth-order valence-corrected chi connectivity index (χ4v) is 2.19. The van der Waals surface area contributed by atoms with Gasteiger partial charge >= 0.3 is 0 Å². The first-order chi connectivity index (χ1) is 7.60. The Morgan fingerprint density at radius 1 is 1.50 bits per heavy atom. The minimum atomic E-state index is 0.0668. The molecular formula is C13H17IO2. The minimum absolute atomic E-state index is 0.0668. The summed E-state index contributed by atoms with van der Waals surface area (Å²) in [6.07, 6.45) is 1.95. The van der Waals surface area contributed by atoms with Crippen LogP contribution >= 0.6 is 22.6 Å². The zero-order chi connectivity index (χ0) is 12.1. The molecule has 0 aliphatic rings. The van der Waals surface area contributed by atoms with Gasteiger partial charge in [0.25, 0.3) is 0 Å². The predicted molar refractivity (Wildman–Crippen MR) is 74.1 cm³/mol. The Morgan fingerprint density at radius 2 is 2.19 bits per heavy atom. The number of ketones is 1. The quantitative estimate of drug-likeness (QED) is 0.603. The molecule has 0 radical (unpaired) electrons. The second-order valence-corrected chi connectivity index (χ2v) is 5.14. The van der Waals surface area contributed by atoms with E-state index < -0.39 is 0 Å². The topological polar surface area (TPSA) is 26.3 Å². The summed E-state index contributed by atoms with van der Waals surface area (Å²) in [4.78, 5) is 12.2. The molecule has 2 nitrogen and oxygen atoms in total. The van der Waals surface area contributed by atoms with Crippen molar-refractivity contribution in [2.24, 2.45) is 5.92 Å². The van der Waals surface area contributed by atoms with Crippen LogP contribution in [0.1, 0.15) is 37.0 Å². The van der Waals surface area contributed by atoms with E-state index in [1.54, 1.807) is 7.11 Å². The van der Waals surface area contributed by atoms with Crippen LogP contribution in [0.25, 0.3) is 0 Å². The average Bonchev–Trinajstić information content (AvgIpc) is 2.28. The van der Waals surface area contributed by atoms with E-state index in [-0.39, 0.29) is 11.7 Å². The number of Topliss-reactive ketones (excluding diaryl/α,β-unsaturated/α-hetero) is 1. The lowest BCUT2D eigenvalue weighted by Gasteiger charge is -2.12. The summed E-state index contributed by atoms with van der Waals surface area (Å²) in [6.45, 7) is 4.07. The molecule has 0 aliphatic heterocycles. The Bertz CT molecular complexity index is 374. The van der Waals surface area contributed by atoms with Crippen molar-refractivity contribution >= 4 is 28.4 Å².